The van der Waals surface area contributed by atoms with Gasteiger partial charge in [-0.15, -0.1) is 24.8 Å². The van der Waals surface area contributed by atoms with Gasteiger partial charge in [-0.25, -0.2) is 0 Å². The Morgan fingerprint density at radius 2 is 2.15 bits per heavy atom. The van der Waals surface area contributed by atoms with Crippen LogP contribution >= 0.6 is 24.8 Å². The van der Waals surface area contributed by atoms with Crippen LogP contribution in [0.4, 0.5) is 0 Å². The Labute approximate surface area is 90.4 Å². The number of hydrogen-bond donors (Lipinski definition) is 2. The third kappa shape index (κ3) is 4.67. The lowest BCUT2D eigenvalue weighted by atomic mass is 10.0. The normalized spacial score (nSPS) is 25.7. The van der Waals surface area contributed by atoms with E-state index in [1.54, 1.807) is 0 Å². The number of carbonyl (C=O) groups is 1. The third-order valence-corrected chi connectivity index (χ3v) is 2.05. The van der Waals surface area contributed by atoms with Crippen LogP contribution in [0.25, 0.3) is 0 Å². The smallest absolute Gasteiger partial charge is 0.305 e. The molecule has 0 bridgehead atoms. The molecule has 4 nitrogen and oxygen atoms in total. The summed E-state index contributed by atoms with van der Waals surface area (Å²) in [6, 6.07) is 0.106. The molecule has 1 heterocycles. The van der Waals surface area contributed by atoms with Crippen LogP contribution in [0.2, 0.25) is 0 Å². The Bertz CT molecular complexity index is 157. The molecule has 2 atom stereocenters. The number of methoxy groups -OCH3 is 1. The van der Waals surface area contributed by atoms with Crippen molar-refractivity contribution in [2.24, 2.45) is 11.7 Å². The molecule has 1 saturated heterocycles. The lowest BCUT2D eigenvalue weighted by molar-refractivity contribution is -0.141. The van der Waals surface area contributed by atoms with E-state index in [4.69, 9.17) is 5.73 Å². The van der Waals surface area contributed by atoms with Gasteiger partial charge in [-0.3, -0.25) is 4.79 Å². The maximum atomic E-state index is 10.8. The number of hydrogen-bond acceptors (Lipinski definition) is 4. The predicted octanol–water partition coefficient (Wildman–Crippen LogP) is -0.0602. The molecule has 0 aliphatic carbocycles. The number of carbonyl (C=O) groups excluding carboxylic acids is 1. The summed E-state index contributed by atoms with van der Waals surface area (Å²) in [4.78, 5) is 10.8. The Morgan fingerprint density at radius 3 is 2.54 bits per heavy atom. The summed E-state index contributed by atoms with van der Waals surface area (Å²) >= 11 is 0. The SMILES string of the molecule is COC(=O)C[C@@H]1CNC[C@H]1N.Cl.Cl. The number of rotatable bonds is 2. The molecule has 0 unspecified atom stereocenters. The number of halogens is 2. The van der Waals surface area contributed by atoms with E-state index in [2.05, 4.69) is 10.1 Å². The number of esters is 1. The van der Waals surface area contributed by atoms with Crippen molar-refractivity contribution in [2.45, 2.75) is 12.5 Å². The van der Waals surface area contributed by atoms with E-state index < -0.39 is 0 Å². The molecule has 1 rings (SSSR count). The Kier molecular flexibility index (Phi) is 8.77. The van der Waals surface area contributed by atoms with Crippen molar-refractivity contribution in [3.8, 4) is 0 Å². The van der Waals surface area contributed by atoms with Crippen molar-refractivity contribution in [3.05, 3.63) is 0 Å². The molecule has 13 heavy (non-hydrogen) atoms. The highest BCUT2D eigenvalue weighted by Gasteiger charge is 2.25. The Balaban J connectivity index is 0. The summed E-state index contributed by atoms with van der Waals surface area (Å²) in [6.07, 6.45) is 0.435. The van der Waals surface area contributed by atoms with Crippen LogP contribution in [0, 0.1) is 5.92 Å². The van der Waals surface area contributed by atoms with Crippen molar-refractivity contribution in [3.63, 3.8) is 0 Å². The monoisotopic (exact) mass is 230 g/mol. The lowest BCUT2D eigenvalue weighted by Gasteiger charge is -2.11. The summed E-state index contributed by atoms with van der Waals surface area (Å²) in [7, 11) is 1.40. The van der Waals surface area contributed by atoms with Gasteiger partial charge in [0.25, 0.3) is 0 Å². The van der Waals surface area contributed by atoms with Crippen LogP contribution in [0.15, 0.2) is 0 Å². The topological polar surface area (TPSA) is 64.3 Å². The highest BCUT2D eigenvalue weighted by Crippen LogP contribution is 2.11. The molecule has 0 aromatic heterocycles. The standard InChI is InChI=1S/C7H14N2O2.2ClH/c1-11-7(10)2-5-3-9-4-6(5)8;;/h5-6,9H,2-4,8H2,1H3;2*1H/t5-,6-;;/m1../s1. The molecular weight excluding hydrogens is 215 g/mol. The third-order valence-electron chi connectivity index (χ3n) is 2.05. The van der Waals surface area contributed by atoms with E-state index in [0.717, 1.165) is 13.1 Å². The maximum Gasteiger partial charge on any atom is 0.305 e. The maximum absolute atomic E-state index is 10.8. The van der Waals surface area contributed by atoms with E-state index >= 15 is 0 Å². The van der Waals surface area contributed by atoms with Gasteiger partial charge < -0.3 is 15.8 Å². The largest absolute Gasteiger partial charge is 0.469 e. The van der Waals surface area contributed by atoms with E-state index in [1.807, 2.05) is 0 Å². The van der Waals surface area contributed by atoms with Crippen molar-refractivity contribution in [1.29, 1.82) is 0 Å². The van der Waals surface area contributed by atoms with Gasteiger partial charge in [0.05, 0.1) is 13.5 Å². The van der Waals surface area contributed by atoms with Crippen molar-refractivity contribution < 1.29 is 9.53 Å². The molecular formula is C7H16Cl2N2O2. The van der Waals surface area contributed by atoms with E-state index in [1.165, 1.54) is 7.11 Å². The summed E-state index contributed by atoms with van der Waals surface area (Å²) in [5, 5.41) is 3.12. The van der Waals surface area contributed by atoms with Crippen LogP contribution in [0.1, 0.15) is 6.42 Å². The minimum Gasteiger partial charge on any atom is -0.469 e. The summed E-state index contributed by atoms with van der Waals surface area (Å²) in [5.74, 6) is 0.0802. The molecule has 0 aromatic rings. The van der Waals surface area contributed by atoms with Gasteiger partial charge in [0, 0.05) is 19.1 Å². The van der Waals surface area contributed by atoms with Crippen LogP contribution < -0.4 is 11.1 Å². The first-order valence-electron chi connectivity index (χ1n) is 3.77. The van der Waals surface area contributed by atoms with E-state index in [-0.39, 0.29) is 42.7 Å². The summed E-state index contributed by atoms with van der Waals surface area (Å²) < 4.78 is 4.54. The second-order valence-corrected chi connectivity index (χ2v) is 2.86. The van der Waals surface area contributed by atoms with Gasteiger partial charge in [0.1, 0.15) is 0 Å². The molecule has 1 aliphatic rings. The zero-order valence-electron chi connectivity index (χ0n) is 7.49. The molecule has 0 radical (unpaired) electrons. The fourth-order valence-electron chi connectivity index (χ4n) is 1.27. The molecule has 1 fully saturated rings. The number of nitrogens with one attached hydrogen (secondary N) is 1. The van der Waals surface area contributed by atoms with Crippen molar-refractivity contribution in [2.75, 3.05) is 20.2 Å². The highest BCUT2D eigenvalue weighted by molar-refractivity contribution is 5.85. The van der Waals surface area contributed by atoms with Crippen molar-refractivity contribution >= 4 is 30.8 Å². The average Bonchev–Trinajstić information content (AvgIpc) is 2.37. The molecule has 0 spiro atoms. The zero-order valence-corrected chi connectivity index (χ0v) is 9.12. The number of ether oxygens (including phenoxy) is 1. The first kappa shape index (κ1) is 15.4. The van der Waals surface area contributed by atoms with E-state index in [9.17, 15) is 4.79 Å². The summed E-state index contributed by atoms with van der Waals surface area (Å²) in [6.45, 7) is 1.64. The Morgan fingerprint density at radius 1 is 1.54 bits per heavy atom. The minimum absolute atomic E-state index is 0. The van der Waals surface area contributed by atoms with Crippen LogP contribution in [-0.2, 0) is 9.53 Å². The Hall–Kier alpha value is -0.0300. The van der Waals surface area contributed by atoms with Gasteiger partial charge in [0.2, 0.25) is 0 Å². The van der Waals surface area contributed by atoms with Crippen LogP contribution in [0.5, 0.6) is 0 Å². The van der Waals surface area contributed by atoms with Gasteiger partial charge in [0.15, 0.2) is 0 Å². The minimum atomic E-state index is -0.172. The molecule has 80 valence electrons. The fourth-order valence-corrected chi connectivity index (χ4v) is 1.27. The van der Waals surface area contributed by atoms with Crippen molar-refractivity contribution in [1.82, 2.24) is 5.32 Å². The second-order valence-electron chi connectivity index (χ2n) is 2.86. The first-order chi connectivity index (χ1) is 5.24. The summed E-state index contributed by atoms with van der Waals surface area (Å²) in [5.41, 5.74) is 5.71. The molecule has 0 saturated carbocycles. The number of nitrogens with two attached hydrogens (primary N) is 1. The van der Waals surface area contributed by atoms with E-state index in [0.29, 0.717) is 6.42 Å². The first-order valence-corrected chi connectivity index (χ1v) is 3.77. The zero-order chi connectivity index (χ0) is 8.27. The molecule has 0 aromatic carbocycles. The highest BCUT2D eigenvalue weighted by atomic mass is 35.5. The van der Waals surface area contributed by atoms with Gasteiger partial charge in [-0.1, -0.05) is 0 Å². The molecule has 1 aliphatic heterocycles. The fraction of sp³-hybridized carbons (Fsp3) is 0.857. The molecule has 3 N–H and O–H groups in total. The van der Waals surface area contributed by atoms with Crippen LogP contribution in [0.3, 0.4) is 0 Å². The molecule has 0 amide bonds. The second kappa shape index (κ2) is 7.38. The average molecular weight is 231 g/mol. The lowest BCUT2D eigenvalue weighted by Crippen LogP contribution is -2.30. The van der Waals surface area contributed by atoms with Gasteiger partial charge >= 0.3 is 5.97 Å². The van der Waals surface area contributed by atoms with Crippen LogP contribution in [-0.4, -0.2) is 32.2 Å². The van der Waals surface area contributed by atoms with Gasteiger partial charge in [-0.2, -0.15) is 0 Å². The molecule has 6 heteroatoms. The van der Waals surface area contributed by atoms with Gasteiger partial charge in [-0.05, 0) is 5.92 Å². The predicted molar refractivity (Wildman–Crippen MR) is 55.5 cm³/mol. The quantitative estimate of drug-likeness (QED) is 0.653.